The van der Waals surface area contributed by atoms with Gasteiger partial charge in [0.1, 0.15) is 23.1 Å². The molecular formula is C14H13BrClFN4. The maximum absolute atomic E-state index is 13.0. The summed E-state index contributed by atoms with van der Waals surface area (Å²) in [5.41, 5.74) is 1.04. The highest BCUT2D eigenvalue weighted by atomic mass is 79.9. The van der Waals surface area contributed by atoms with E-state index in [1.807, 2.05) is 12.1 Å². The zero-order chi connectivity index (χ0) is 14.8. The van der Waals surface area contributed by atoms with Crippen molar-refractivity contribution in [3.63, 3.8) is 0 Å². The summed E-state index contributed by atoms with van der Waals surface area (Å²) in [5, 5.41) is 0.418. The van der Waals surface area contributed by atoms with Crippen LogP contribution in [0, 0.1) is 5.82 Å². The molecule has 0 radical (unpaired) electrons. The lowest BCUT2D eigenvalue weighted by atomic mass is 10.2. The van der Waals surface area contributed by atoms with Crippen LogP contribution in [-0.4, -0.2) is 36.1 Å². The minimum absolute atomic E-state index is 0.211. The third-order valence-corrected chi connectivity index (χ3v) is 4.74. The molecule has 0 atom stereocenters. The summed E-state index contributed by atoms with van der Waals surface area (Å²) in [5.74, 6) is 0.603. The SMILES string of the molecule is Fc1ccc(N2CCN(c3ncnc(Cl)c3Br)CC2)cc1. The van der Waals surface area contributed by atoms with Gasteiger partial charge in [0, 0.05) is 31.9 Å². The van der Waals surface area contributed by atoms with E-state index in [-0.39, 0.29) is 5.82 Å². The quantitative estimate of drug-likeness (QED) is 0.758. The third kappa shape index (κ3) is 3.11. The lowest BCUT2D eigenvalue weighted by molar-refractivity contribution is 0.624. The first-order chi connectivity index (χ1) is 10.1. The molecule has 0 unspecified atom stereocenters. The fourth-order valence-electron chi connectivity index (χ4n) is 2.39. The highest BCUT2D eigenvalue weighted by Gasteiger charge is 2.21. The molecule has 2 heterocycles. The van der Waals surface area contributed by atoms with Crippen molar-refractivity contribution in [3.05, 3.63) is 46.0 Å². The van der Waals surface area contributed by atoms with Crippen LogP contribution in [0.4, 0.5) is 15.9 Å². The Balaban J connectivity index is 1.70. The van der Waals surface area contributed by atoms with Crippen molar-refractivity contribution in [3.8, 4) is 0 Å². The first-order valence-electron chi connectivity index (χ1n) is 6.56. The summed E-state index contributed by atoms with van der Waals surface area (Å²) in [6, 6.07) is 6.59. The number of aromatic nitrogens is 2. The normalized spacial score (nSPS) is 15.4. The summed E-state index contributed by atoms with van der Waals surface area (Å²) < 4.78 is 13.7. The standard InChI is InChI=1S/C14H13BrClFN4/c15-12-13(16)18-9-19-14(12)21-7-5-20(6-8-21)11-3-1-10(17)2-4-11/h1-4,9H,5-8H2. The second-order valence-corrected chi connectivity index (χ2v) is 5.90. The van der Waals surface area contributed by atoms with E-state index >= 15 is 0 Å². The van der Waals surface area contributed by atoms with Crippen molar-refractivity contribution in [1.29, 1.82) is 0 Å². The smallest absolute Gasteiger partial charge is 0.148 e. The summed E-state index contributed by atoms with van der Waals surface area (Å²) in [4.78, 5) is 12.6. The molecule has 4 nitrogen and oxygen atoms in total. The molecule has 1 aromatic carbocycles. The number of anilines is 2. The van der Waals surface area contributed by atoms with E-state index in [2.05, 4.69) is 35.7 Å². The first-order valence-corrected chi connectivity index (χ1v) is 7.74. The van der Waals surface area contributed by atoms with Gasteiger partial charge in [-0.2, -0.15) is 0 Å². The minimum atomic E-state index is -0.211. The molecule has 1 aromatic heterocycles. The average molecular weight is 372 g/mol. The second-order valence-electron chi connectivity index (χ2n) is 4.75. The van der Waals surface area contributed by atoms with Crippen molar-refractivity contribution in [2.24, 2.45) is 0 Å². The van der Waals surface area contributed by atoms with Gasteiger partial charge in [0.2, 0.25) is 0 Å². The summed E-state index contributed by atoms with van der Waals surface area (Å²) >= 11 is 9.43. The van der Waals surface area contributed by atoms with Crippen LogP contribution in [-0.2, 0) is 0 Å². The Morgan fingerprint density at radius 1 is 1.00 bits per heavy atom. The largest absolute Gasteiger partial charge is 0.368 e. The fourth-order valence-corrected chi connectivity index (χ4v) is 2.97. The fraction of sp³-hybridized carbons (Fsp3) is 0.286. The Labute approximate surface area is 135 Å². The molecule has 0 saturated carbocycles. The Hall–Kier alpha value is -1.40. The molecule has 1 fully saturated rings. The number of benzene rings is 1. The molecule has 1 saturated heterocycles. The van der Waals surface area contributed by atoms with Gasteiger partial charge >= 0.3 is 0 Å². The molecule has 0 spiro atoms. The number of hydrogen-bond donors (Lipinski definition) is 0. The lowest BCUT2D eigenvalue weighted by Crippen LogP contribution is -2.47. The van der Waals surface area contributed by atoms with Crippen molar-refractivity contribution in [2.75, 3.05) is 36.0 Å². The van der Waals surface area contributed by atoms with Gasteiger partial charge in [0.05, 0.1) is 4.47 Å². The Bertz CT molecular complexity index is 629. The van der Waals surface area contributed by atoms with Crippen molar-refractivity contribution >= 4 is 39.0 Å². The van der Waals surface area contributed by atoms with E-state index in [4.69, 9.17) is 11.6 Å². The first kappa shape index (κ1) is 14.5. The summed E-state index contributed by atoms with van der Waals surface area (Å²) in [6.07, 6.45) is 1.47. The number of halogens is 3. The topological polar surface area (TPSA) is 32.3 Å². The number of hydrogen-bond acceptors (Lipinski definition) is 4. The molecule has 2 aromatic rings. The summed E-state index contributed by atoms with van der Waals surface area (Å²) in [7, 11) is 0. The van der Waals surface area contributed by atoms with E-state index in [0.29, 0.717) is 5.15 Å². The van der Waals surface area contributed by atoms with Crippen LogP contribution in [0.1, 0.15) is 0 Å². The van der Waals surface area contributed by atoms with Gasteiger partial charge < -0.3 is 9.80 Å². The molecule has 0 amide bonds. The van der Waals surface area contributed by atoms with E-state index in [1.165, 1.54) is 18.5 Å². The molecule has 0 aliphatic carbocycles. The van der Waals surface area contributed by atoms with Crippen LogP contribution >= 0.6 is 27.5 Å². The maximum Gasteiger partial charge on any atom is 0.148 e. The van der Waals surface area contributed by atoms with Crippen molar-refractivity contribution in [2.45, 2.75) is 0 Å². The number of nitrogens with zero attached hydrogens (tertiary/aromatic N) is 4. The maximum atomic E-state index is 13.0. The van der Waals surface area contributed by atoms with Gasteiger partial charge in [-0.3, -0.25) is 0 Å². The molecular weight excluding hydrogens is 359 g/mol. The van der Waals surface area contributed by atoms with E-state index in [0.717, 1.165) is 42.2 Å². The molecule has 0 bridgehead atoms. The molecule has 1 aliphatic heterocycles. The van der Waals surface area contributed by atoms with Crippen LogP contribution in [0.3, 0.4) is 0 Å². The van der Waals surface area contributed by atoms with E-state index < -0.39 is 0 Å². The number of rotatable bonds is 2. The Morgan fingerprint density at radius 3 is 2.29 bits per heavy atom. The zero-order valence-electron chi connectivity index (χ0n) is 11.1. The van der Waals surface area contributed by atoms with Crippen LogP contribution in [0.15, 0.2) is 35.1 Å². The van der Waals surface area contributed by atoms with Gasteiger partial charge in [-0.15, -0.1) is 0 Å². The van der Waals surface area contributed by atoms with E-state index in [1.54, 1.807) is 0 Å². The van der Waals surface area contributed by atoms with Crippen LogP contribution in [0.25, 0.3) is 0 Å². The highest BCUT2D eigenvalue weighted by molar-refractivity contribution is 9.10. The third-order valence-electron chi connectivity index (χ3n) is 3.50. The van der Waals surface area contributed by atoms with Gasteiger partial charge in [0.15, 0.2) is 0 Å². The van der Waals surface area contributed by atoms with Crippen LogP contribution in [0.2, 0.25) is 5.15 Å². The van der Waals surface area contributed by atoms with E-state index in [9.17, 15) is 4.39 Å². The van der Waals surface area contributed by atoms with Crippen molar-refractivity contribution < 1.29 is 4.39 Å². The average Bonchev–Trinajstić information content (AvgIpc) is 2.51. The van der Waals surface area contributed by atoms with Crippen LogP contribution in [0.5, 0.6) is 0 Å². The second kappa shape index (κ2) is 6.15. The minimum Gasteiger partial charge on any atom is -0.368 e. The van der Waals surface area contributed by atoms with Gasteiger partial charge in [-0.05, 0) is 40.2 Å². The zero-order valence-corrected chi connectivity index (χ0v) is 13.5. The number of piperazine rings is 1. The molecule has 3 rings (SSSR count). The molecule has 1 aliphatic rings. The molecule has 0 N–H and O–H groups in total. The lowest BCUT2D eigenvalue weighted by Gasteiger charge is -2.37. The van der Waals surface area contributed by atoms with Gasteiger partial charge in [0.25, 0.3) is 0 Å². The van der Waals surface area contributed by atoms with Gasteiger partial charge in [-0.25, -0.2) is 14.4 Å². The Morgan fingerprint density at radius 2 is 1.62 bits per heavy atom. The molecule has 21 heavy (non-hydrogen) atoms. The highest BCUT2D eigenvalue weighted by Crippen LogP contribution is 2.30. The predicted molar refractivity (Wildman–Crippen MR) is 85.6 cm³/mol. The Kier molecular flexibility index (Phi) is 4.26. The molecule has 110 valence electrons. The van der Waals surface area contributed by atoms with Gasteiger partial charge in [-0.1, -0.05) is 11.6 Å². The molecule has 7 heteroatoms. The van der Waals surface area contributed by atoms with Crippen LogP contribution < -0.4 is 9.80 Å². The summed E-state index contributed by atoms with van der Waals surface area (Å²) in [6.45, 7) is 3.34. The monoisotopic (exact) mass is 370 g/mol. The predicted octanol–water partition coefficient (Wildman–Crippen LogP) is 3.36. The van der Waals surface area contributed by atoms with Crippen molar-refractivity contribution in [1.82, 2.24) is 9.97 Å².